The molecule has 0 bridgehead atoms. The quantitative estimate of drug-likeness (QED) is 0.834. The van der Waals surface area contributed by atoms with Crippen LogP contribution in [0.15, 0.2) is 42.7 Å². The maximum Gasteiger partial charge on any atom is 0.171 e. The van der Waals surface area contributed by atoms with Crippen molar-refractivity contribution < 1.29 is 9.53 Å². The molecule has 1 aromatic heterocycles. The van der Waals surface area contributed by atoms with Crippen LogP contribution in [0, 0.1) is 0 Å². The molecule has 0 saturated carbocycles. The normalized spacial score (nSPS) is 10.1. The molecule has 0 radical (unpaired) electrons. The van der Waals surface area contributed by atoms with Crippen molar-refractivity contribution in [2.24, 2.45) is 0 Å². The highest BCUT2D eigenvalue weighted by atomic mass is 16.5. The van der Waals surface area contributed by atoms with Gasteiger partial charge >= 0.3 is 0 Å². The minimum absolute atomic E-state index is 0.0350. The predicted molar refractivity (Wildman–Crippen MR) is 69.7 cm³/mol. The molecule has 0 unspecified atom stereocenters. The zero-order chi connectivity index (χ0) is 13.0. The Morgan fingerprint density at radius 3 is 2.83 bits per heavy atom. The Balaban J connectivity index is 2.25. The Kier molecular flexibility index (Phi) is 3.57. The summed E-state index contributed by atoms with van der Waals surface area (Å²) in [5.74, 6) is 0.539. The lowest BCUT2D eigenvalue weighted by Gasteiger charge is -2.08. The molecule has 4 nitrogen and oxygen atoms in total. The Morgan fingerprint density at radius 1 is 1.33 bits per heavy atom. The minimum atomic E-state index is -0.0350. The highest BCUT2D eigenvalue weighted by molar-refractivity contribution is 6.00. The third kappa shape index (κ3) is 2.48. The van der Waals surface area contributed by atoms with E-state index in [0.717, 1.165) is 5.56 Å². The van der Waals surface area contributed by atoms with E-state index in [-0.39, 0.29) is 12.2 Å². The molecule has 0 aliphatic carbocycles. The smallest absolute Gasteiger partial charge is 0.171 e. The molecule has 2 N–H and O–H groups in total. The van der Waals surface area contributed by atoms with Crippen LogP contribution in [0.1, 0.15) is 15.9 Å². The zero-order valence-electron chi connectivity index (χ0n) is 10.1. The number of nitrogens with zero attached hydrogens (tertiary/aromatic N) is 1. The number of hydrogen-bond donors (Lipinski definition) is 1. The van der Waals surface area contributed by atoms with Gasteiger partial charge in [-0.1, -0.05) is 12.1 Å². The third-order valence-electron chi connectivity index (χ3n) is 2.70. The lowest BCUT2D eigenvalue weighted by atomic mass is 10.0. The Morgan fingerprint density at radius 2 is 2.11 bits per heavy atom. The summed E-state index contributed by atoms with van der Waals surface area (Å²) >= 11 is 0. The van der Waals surface area contributed by atoms with E-state index in [1.165, 1.54) is 0 Å². The first-order chi connectivity index (χ1) is 8.72. The molecule has 2 rings (SSSR count). The van der Waals surface area contributed by atoms with Crippen LogP contribution in [0.5, 0.6) is 5.75 Å². The topological polar surface area (TPSA) is 65.2 Å². The van der Waals surface area contributed by atoms with Crippen molar-refractivity contribution in [3.05, 3.63) is 53.9 Å². The van der Waals surface area contributed by atoms with Gasteiger partial charge in [-0.05, 0) is 18.2 Å². The number of pyridine rings is 1. The number of nitrogen functional groups attached to an aromatic ring is 1. The van der Waals surface area contributed by atoms with Gasteiger partial charge in [0.05, 0.1) is 12.7 Å². The molecular weight excluding hydrogens is 228 g/mol. The number of anilines is 1. The molecule has 0 amide bonds. The molecule has 0 aliphatic rings. The number of Topliss-reactive ketones (excluding diaryl/α,β-unsaturated/α-hetero) is 1. The molecule has 1 aromatic carbocycles. The second kappa shape index (κ2) is 5.31. The highest BCUT2D eigenvalue weighted by Gasteiger charge is 2.13. The van der Waals surface area contributed by atoms with Crippen molar-refractivity contribution in [1.29, 1.82) is 0 Å². The number of hydrogen-bond acceptors (Lipinski definition) is 4. The summed E-state index contributed by atoms with van der Waals surface area (Å²) in [7, 11) is 1.55. The van der Waals surface area contributed by atoms with Gasteiger partial charge in [0.1, 0.15) is 5.75 Å². The maximum atomic E-state index is 12.2. The van der Waals surface area contributed by atoms with Crippen molar-refractivity contribution in [2.75, 3.05) is 12.8 Å². The van der Waals surface area contributed by atoms with Gasteiger partial charge in [-0.3, -0.25) is 9.78 Å². The summed E-state index contributed by atoms with van der Waals surface area (Å²) in [4.78, 5) is 16.2. The monoisotopic (exact) mass is 242 g/mol. The molecule has 2 aromatic rings. The molecule has 92 valence electrons. The van der Waals surface area contributed by atoms with Crippen LogP contribution in [0.2, 0.25) is 0 Å². The van der Waals surface area contributed by atoms with Gasteiger partial charge in [0.25, 0.3) is 0 Å². The summed E-state index contributed by atoms with van der Waals surface area (Å²) < 4.78 is 5.17. The first-order valence-corrected chi connectivity index (χ1v) is 5.57. The summed E-state index contributed by atoms with van der Waals surface area (Å²) in [6, 6.07) is 8.83. The van der Waals surface area contributed by atoms with Gasteiger partial charge in [0.15, 0.2) is 5.78 Å². The van der Waals surface area contributed by atoms with Gasteiger partial charge in [0.2, 0.25) is 0 Å². The van der Waals surface area contributed by atoms with Crippen LogP contribution in [-0.4, -0.2) is 17.9 Å². The Bertz CT molecular complexity index is 567. The van der Waals surface area contributed by atoms with E-state index in [9.17, 15) is 4.79 Å². The average Bonchev–Trinajstić information content (AvgIpc) is 2.41. The number of benzene rings is 1. The lowest BCUT2D eigenvalue weighted by Crippen LogP contribution is -2.07. The number of carbonyl (C=O) groups excluding carboxylic acids is 1. The van der Waals surface area contributed by atoms with E-state index in [4.69, 9.17) is 10.5 Å². The molecule has 4 heteroatoms. The van der Waals surface area contributed by atoms with E-state index >= 15 is 0 Å². The number of carbonyl (C=O) groups is 1. The standard InChI is InChI=1S/C14H14N2O2/c1-18-14-5-3-2-4-11(14)13(17)8-10-9-16-7-6-12(10)15/h2-7,9H,8H2,1H3,(H2,15,16). The SMILES string of the molecule is COc1ccccc1C(=O)Cc1cnccc1N. The first kappa shape index (κ1) is 12.1. The van der Waals surface area contributed by atoms with Crippen molar-refractivity contribution in [3.63, 3.8) is 0 Å². The summed E-state index contributed by atoms with van der Waals surface area (Å²) in [5.41, 5.74) is 7.66. The first-order valence-electron chi connectivity index (χ1n) is 5.57. The van der Waals surface area contributed by atoms with Gasteiger partial charge in [-0.2, -0.15) is 0 Å². The second-order valence-corrected chi connectivity index (χ2v) is 3.87. The molecule has 0 fully saturated rings. The van der Waals surface area contributed by atoms with E-state index in [2.05, 4.69) is 4.98 Å². The maximum absolute atomic E-state index is 12.2. The molecule has 0 saturated heterocycles. The number of rotatable bonds is 4. The van der Waals surface area contributed by atoms with E-state index in [1.54, 1.807) is 37.7 Å². The van der Waals surface area contributed by atoms with E-state index in [1.807, 2.05) is 12.1 Å². The summed E-state index contributed by atoms with van der Waals surface area (Å²) in [5, 5.41) is 0. The predicted octanol–water partition coefficient (Wildman–Crippen LogP) is 2.10. The van der Waals surface area contributed by atoms with Crippen molar-refractivity contribution in [1.82, 2.24) is 4.98 Å². The number of ketones is 1. The van der Waals surface area contributed by atoms with Gasteiger partial charge < -0.3 is 10.5 Å². The second-order valence-electron chi connectivity index (χ2n) is 3.87. The Labute approximate surface area is 105 Å². The fourth-order valence-electron chi connectivity index (χ4n) is 1.73. The van der Waals surface area contributed by atoms with Crippen molar-refractivity contribution >= 4 is 11.5 Å². The largest absolute Gasteiger partial charge is 0.496 e. The van der Waals surface area contributed by atoms with Crippen LogP contribution in [-0.2, 0) is 6.42 Å². The van der Waals surface area contributed by atoms with Crippen LogP contribution >= 0.6 is 0 Å². The van der Waals surface area contributed by atoms with Crippen LogP contribution in [0.3, 0.4) is 0 Å². The molecule has 0 spiro atoms. The van der Waals surface area contributed by atoms with Crippen LogP contribution in [0.25, 0.3) is 0 Å². The number of ether oxygens (including phenoxy) is 1. The molecule has 0 atom stereocenters. The van der Waals surface area contributed by atoms with Crippen LogP contribution < -0.4 is 10.5 Å². The summed E-state index contributed by atoms with van der Waals surface area (Å²) in [6.45, 7) is 0. The third-order valence-corrected chi connectivity index (χ3v) is 2.70. The summed E-state index contributed by atoms with van der Waals surface area (Å²) in [6.07, 6.45) is 3.44. The molecular formula is C14H14N2O2. The minimum Gasteiger partial charge on any atom is -0.496 e. The van der Waals surface area contributed by atoms with E-state index in [0.29, 0.717) is 17.0 Å². The number of nitrogens with two attached hydrogens (primary N) is 1. The van der Waals surface area contributed by atoms with Crippen LogP contribution in [0.4, 0.5) is 5.69 Å². The molecule has 18 heavy (non-hydrogen) atoms. The van der Waals surface area contributed by atoms with Gasteiger partial charge in [-0.25, -0.2) is 0 Å². The highest BCUT2D eigenvalue weighted by Crippen LogP contribution is 2.20. The average molecular weight is 242 g/mol. The Hall–Kier alpha value is -2.36. The fraction of sp³-hybridized carbons (Fsp3) is 0.143. The number of para-hydroxylation sites is 1. The lowest BCUT2D eigenvalue weighted by molar-refractivity contribution is 0.0990. The zero-order valence-corrected chi connectivity index (χ0v) is 10.1. The van der Waals surface area contributed by atoms with Gasteiger partial charge in [0, 0.05) is 30.1 Å². The molecule has 0 aliphatic heterocycles. The number of methoxy groups -OCH3 is 1. The number of aromatic nitrogens is 1. The van der Waals surface area contributed by atoms with Gasteiger partial charge in [-0.15, -0.1) is 0 Å². The van der Waals surface area contributed by atoms with Crippen molar-refractivity contribution in [3.8, 4) is 5.75 Å². The fourth-order valence-corrected chi connectivity index (χ4v) is 1.73. The molecule has 1 heterocycles. The van der Waals surface area contributed by atoms with E-state index < -0.39 is 0 Å². The van der Waals surface area contributed by atoms with Crippen molar-refractivity contribution in [2.45, 2.75) is 6.42 Å².